The Kier molecular flexibility index (Phi) is 3.71. The molecule has 0 bridgehead atoms. The van der Waals surface area contributed by atoms with Gasteiger partial charge in [0.1, 0.15) is 0 Å². The predicted octanol–water partition coefficient (Wildman–Crippen LogP) is 3.45. The third-order valence-corrected chi connectivity index (χ3v) is 5.09. The molecule has 2 rings (SSSR count). The van der Waals surface area contributed by atoms with E-state index in [1.165, 1.54) is 38.5 Å². The summed E-state index contributed by atoms with van der Waals surface area (Å²) in [6, 6.07) is 0.848. The molecule has 0 heterocycles. The van der Waals surface area contributed by atoms with Crippen LogP contribution < -0.4 is 5.32 Å². The molecule has 5 atom stereocenters. The van der Waals surface area contributed by atoms with Crippen molar-refractivity contribution in [1.29, 1.82) is 0 Å². The van der Waals surface area contributed by atoms with Crippen LogP contribution in [0.5, 0.6) is 0 Å². The van der Waals surface area contributed by atoms with Crippen molar-refractivity contribution in [2.45, 2.75) is 58.4 Å². The van der Waals surface area contributed by atoms with E-state index in [1.807, 2.05) is 0 Å². The Morgan fingerprint density at radius 1 is 1.20 bits per heavy atom. The number of nitrogens with one attached hydrogen (secondary N) is 1. The Hall–Kier alpha value is -0.0400. The summed E-state index contributed by atoms with van der Waals surface area (Å²) < 4.78 is 0. The molecule has 2 aliphatic carbocycles. The molecule has 88 valence electrons. The fourth-order valence-corrected chi connectivity index (χ4v) is 4.27. The van der Waals surface area contributed by atoms with E-state index in [0.717, 1.165) is 29.7 Å². The third-order valence-electron chi connectivity index (χ3n) is 5.09. The maximum Gasteiger partial charge on any atom is 0.0100 e. The van der Waals surface area contributed by atoms with Crippen molar-refractivity contribution in [2.75, 3.05) is 7.05 Å². The van der Waals surface area contributed by atoms with E-state index in [-0.39, 0.29) is 0 Å². The fourth-order valence-electron chi connectivity index (χ4n) is 4.27. The van der Waals surface area contributed by atoms with Gasteiger partial charge in [-0.25, -0.2) is 0 Å². The summed E-state index contributed by atoms with van der Waals surface area (Å²) in [4.78, 5) is 0. The Bertz CT molecular complexity index is 198. The Morgan fingerprint density at radius 2 is 2.00 bits per heavy atom. The number of rotatable bonds is 4. The van der Waals surface area contributed by atoms with Gasteiger partial charge in [0.15, 0.2) is 0 Å². The first kappa shape index (κ1) is 11.4. The zero-order valence-corrected chi connectivity index (χ0v) is 10.6. The van der Waals surface area contributed by atoms with Crippen LogP contribution >= 0.6 is 0 Å². The van der Waals surface area contributed by atoms with Crippen LogP contribution in [0.4, 0.5) is 0 Å². The quantitative estimate of drug-likeness (QED) is 0.748. The van der Waals surface area contributed by atoms with E-state index in [4.69, 9.17) is 0 Å². The lowest BCUT2D eigenvalue weighted by Gasteiger charge is -2.55. The largest absolute Gasteiger partial charge is 0.317 e. The molecule has 2 aliphatic rings. The molecule has 1 N–H and O–H groups in total. The lowest BCUT2D eigenvalue weighted by Crippen LogP contribution is -2.56. The number of hydrogen-bond donors (Lipinski definition) is 1. The van der Waals surface area contributed by atoms with Gasteiger partial charge in [-0.2, -0.15) is 0 Å². The lowest BCUT2D eigenvalue weighted by atomic mass is 9.53. The highest BCUT2D eigenvalue weighted by molar-refractivity contribution is 5.01. The van der Waals surface area contributed by atoms with Gasteiger partial charge < -0.3 is 5.32 Å². The zero-order chi connectivity index (χ0) is 10.8. The van der Waals surface area contributed by atoms with Gasteiger partial charge in [0.05, 0.1) is 0 Å². The van der Waals surface area contributed by atoms with E-state index < -0.39 is 0 Å². The van der Waals surface area contributed by atoms with E-state index in [9.17, 15) is 0 Å². The van der Waals surface area contributed by atoms with Gasteiger partial charge >= 0.3 is 0 Å². The maximum atomic E-state index is 3.53. The first-order valence-corrected chi connectivity index (χ1v) is 6.99. The third kappa shape index (κ3) is 1.95. The first-order chi connectivity index (χ1) is 7.31. The van der Waals surface area contributed by atoms with Gasteiger partial charge in [0, 0.05) is 6.04 Å². The molecule has 5 unspecified atom stereocenters. The van der Waals surface area contributed by atoms with E-state index in [2.05, 4.69) is 26.2 Å². The van der Waals surface area contributed by atoms with Crippen LogP contribution in [0.1, 0.15) is 52.4 Å². The average Bonchev–Trinajstić information content (AvgIpc) is 2.21. The molecule has 0 saturated heterocycles. The zero-order valence-electron chi connectivity index (χ0n) is 10.6. The second-order valence-electron chi connectivity index (χ2n) is 5.67. The van der Waals surface area contributed by atoms with Gasteiger partial charge in [-0.15, -0.1) is 0 Å². The summed E-state index contributed by atoms with van der Waals surface area (Å²) in [5.41, 5.74) is 0. The smallest absolute Gasteiger partial charge is 0.0100 e. The van der Waals surface area contributed by atoms with Gasteiger partial charge in [-0.3, -0.25) is 0 Å². The summed E-state index contributed by atoms with van der Waals surface area (Å²) in [5.74, 6) is 4.16. The molecular weight excluding hydrogens is 182 g/mol. The highest BCUT2D eigenvalue weighted by Crippen LogP contribution is 2.52. The second-order valence-corrected chi connectivity index (χ2v) is 5.67. The van der Waals surface area contributed by atoms with Crippen LogP contribution in [0, 0.1) is 23.7 Å². The number of fused-ring (bicyclic) bond motifs is 1. The number of hydrogen-bond acceptors (Lipinski definition) is 1. The second kappa shape index (κ2) is 4.86. The van der Waals surface area contributed by atoms with Crippen LogP contribution in [-0.2, 0) is 0 Å². The van der Waals surface area contributed by atoms with Gasteiger partial charge in [0.2, 0.25) is 0 Å². The predicted molar refractivity (Wildman–Crippen MR) is 65.9 cm³/mol. The van der Waals surface area contributed by atoms with Crippen LogP contribution in [0.2, 0.25) is 0 Å². The van der Waals surface area contributed by atoms with Crippen LogP contribution in [0.25, 0.3) is 0 Å². The SMILES string of the molecule is CCCC1C(CC)CCC2CC(NC)C21. The Labute approximate surface area is 95.0 Å². The van der Waals surface area contributed by atoms with Crippen molar-refractivity contribution in [2.24, 2.45) is 23.7 Å². The monoisotopic (exact) mass is 209 g/mol. The van der Waals surface area contributed by atoms with E-state index in [0.29, 0.717) is 0 Å². The van der Waals surface area contributed by atoms with Gasteiger partial charge in [0.25, 0.3) is 0 Å². The molecule has 2 saturated carbocycles. The molecule has 0 aliphatic heterocycles. The maximum absolute atomic E-state index is 3.53. The molecule has 0 radical (unpaired) electrons. The molecule has 0 aromatic rings. The molecule has 1 heteroatoms. The summed E-state index contributed by atoms with van der Waals surface area (Å²) >= 11 is 0. The molecule has 1 nitrogen and oxygen atoms in total. The topological polar surface area (TPSA) is 12.0 Å². The summed E-state index contributed by atoms with van der Waals surface area (Å²) in [5, 5.41) is 3.53. The minimum atomic E-state index is 0.848. The minimum Gasteiger partial charge on any atom is -0.317 e. The Morgan fingerprint density at radius 3 is 2.60 bits per heavy atom. The molecule has 0 aromatic heterocycles. The van der Waals surface area contributed by atoms with Crippen LogP contribution in [-0.4, -0.2) is 13.1 Å². The van der Waals surface area contributed by atoms with Crippen molar-refractivity contribution in [3.8, 4) is 0 Å². The summed E-state index contributed by atoms with van der Waals surface area (Å²) in [7, 11) is 2.15. The van der Waals surface area contributed by atoms with Crippen molar-refractivity contribution < 1.29 is 0 Å². The Balaban J connectivity index is 2.03. The van der Waals surface area contributed by atoms with Crippen molar-refractivity contribution in [3.05, 3.63) is 0 Å². The van der Waals surface area contributed by atoms with E-state index >= 15 is 0 Å². The van der Waals surface area contributed by atoms with Crippen molar-refractivity contribution in [3.63, 3.8) is 0 Å². The normalized spacial score (nSPS) is 44.6. The van der Waals surface area contributed by atoms with Gasteiger partial charge in [-0.05, 0) is 50.0 Å². The molecular formula is C14H27N. The summed E-state index contributed by atoms with van der Waals surface area (Å²) in [6.07, 6.45) is 8.74. The van der Waals surface area contributed by atoms with Gasteiger partial charge in [-0.1, -0.05) is 33.1 Å². The molecule has 0 amide bonds. The molecule has 2 fully saturated rings. The van der Waals surface area contributed by atoms with E-state index in [1.54, 1.807) is 0 Å². The van der Waals surface area contributed by atoms with Crippen molar-refractivity contribution in [1.82, 2.24) is 5.32 Å². The molecule has 15 heavy (non-hydrogen) atoms. The fraction of sp³-hybridized carbons (Fsp3) is 1.00. The van der Waals surface area contributed by atoms with Crippen LogP contribution in [0.3, 0.4) is 0 Å². The standard InChI is InChI=1S/C14H27N/c1-4-6-12-10(5-2)7-8-11-9-13(15-3)14(11)12/h10-15H,4-9H2,1-3H3. The average molecular weight is 209 g/mol. The molecule has 0 aromatic carbocycles. The van der Waals surface area contributed by atoms with Crippen LogP contribution in [0.15, 0.2) is 0 Å². The highest BCUT2D eigenvalue weighted by Gasteiger charge is 2.48. The molecule has 0 spiro atoms. The lowest BCUT2D eigenvalue weighted by molar-refractivity contribution is -0.0274. The first-order valence-electron chi connectivity index (χ1n) is 6.99. The summed E-state index contributed by atoms with van der Waals surface area (Å²) in [6.45, 7) is 4.74. The highest BCUT2D eigenvalue weighted by atomic mass is 14.9. The minimum absolute atomic E-state index is 0.848. The van der Waals surface area contributed by atoms with Crippen molar-refractivity contribution >= 4 is 0 Å².